The molecule has 1 atom stereocenters. The van der Waals surface area contributed by atoms with Crippen LogP contribution in [0.15, 0.2) is 0 Å². The van der Waals surface area contributed by atoms with Crippen molar-refractivity contribution in [2.75, 3.05) is 19.6 Å². The van der Waals surface area contributed by atoms with Crippen molar-refractivity contribution in [2.45, 2.75) is 18.9 Å². The zero-order valence-electron chi connectivity index (χ0n) is 6.29. The van der Waals surface area contributed by atoms with Crippen LogP contribution in [-0.2, 0) is 4.79 Å². The van der Waals surface area contributed by atoms with Crippen LogP contribution in [-0.4, -0.2) is 39.6 Å². The summed E-state index contributed by atoms with van der Waals surface area (Å²) in [7, 11) is 0. The summed E-state index contributed by atoms with van der Waals surface area (Å²) in [5.41, 5.74) is 0. The van der Waals surface area contributed by atoms with Gasteiger partial charge >= 0.3 is 0 Å². The van der Waals surface area contributed by atoms with Gasteiger partial charge in [-0.05, 0) is 12.8 Å². The lowest BCUT2D eigenvalue weighted by molar-refractivity contribution is -0.134. The van der Waals surface area contributed by atoms with Gasteiger partial charge in [0.05, 0.1) is 6.54 Å². The zero-order chi connectivity index (χ0) is 7.84. The number of carbonyl (C=O) groups is 1. The predicted molar refractivity (Wildman–Crippen MR) is 50.3 cm³/mol. The van der Waals surface area contributed by atoms with Crippen LogP contribution in [0.25, 0.3) is 0 Å². The largest absolute Gasteiger partial charge is 0.337 e. The molecule has 0 spiro atoms. The van der Waals surface area contributed by atoms with Crippen molar-refractivity contribution in [3.63, 3.8) is 0 Å². The van der Waals surface area contributed by atoms with Gasteiger partial charge in [0.25, 0.3) is 0 Å². The lowest BCUT2D eigenvalue weighted by atomic mass is 10.2. The van der Waals surface area contributed by atoms with Crippen LogP contribution in [0.3, 0.4) is 0 Å². The smallest absolute Gasteiger partial charge is 0.237 e. The molecule has 2 saturated heterocycles. The first-order valence-electron chi connectivity index (χ1n) is 3.97. The fourth-order valence-electron chi connectivity index (χ4n) is 1.88. The molecule has 0 bridgehead atoms. The Balaban J connectivity index is 2.10. The minimum Gasteiger partial charge on any atom is -0.337 e. The van der Waals surface area contributed by atoms with Crippen molar-refractivity contribution in [3.05, 3.63) is 0 Å². The van der Waals surface area contributed by atoms with E-state index in [1.165, 1.54) is 12.8 Å². The minimum absolute atomic E-state index is 0.313. The van der Waals surface area contributed by atoms with Gasteiger partial charge in [-0.25, -0.2) is 3.11 Å². The maximum absolute atomic E-state index is 11.4. The molecule has 2 aliphatic heterocycles. The third kappa shape index (κ3) is 1.38. The highest BCUT2D eigenvalue weighted by atomic mass is 127. The van der Waals surface area contributed by atoms with Crippen molar-refractivity contribution in [3.8, 4) is 0 Å². The van der Waals surface area contributed by atoms with Crippen LogP contribution in [0.5, 0.6) is 0 Å². The number of amides is 1. The standard InChI is InChI=1S/C7H11IN2O/c8-9-4-6-2-1-3-10(6)7(11)5-9/h6H,1-5H2. The zero-order valence-corrected chi connectivity index (χ0v) is 8.45. The van der Waals surface area contributed by atoms with E-state index < -0.39 is 0 Å². The Hall–Kier alpha value is 0.160. The first kappa shape index (κ1) is 7.79. The van der Waals surface area contributed by atoms with E-state index in [1.807, 2.05) is 4.90 Å². The van der Waals surface area contributed by atoms with Crippen LogP contribution in [0.4, 0.5) is 0 Å². The molecule has 2 fully saturated rings. The number of piperazine rings is 1. The van der Waals surface area contributed by atoms with Crippen LogP contribution < -0.4 is 0 Å². The number of carbonyl (C=O) groups excluding carboxylic acids is 1. The first-order chi connectivity index (χ1) is 5.27. The SMILES string of the molecule is O=C1CN(I)CC2CCCN12. The van der Waals surface area contributed by atoms with Gasteiger partial charge in [0, 0.05) is 42.0 Å². The molecule has 0 aromatic heterocycles. The second-order valence-corrected chi connectivity index (χ2v) is 4.55. The van der Waals surface area contributed by atoms with Gasteiger partial charge in [0.15, 0.2) is 0 Å². The number of hydrogen-bond donors (Lipinski definition) is 0. The van der Waals surface area contributed by atoms with Gasteiger partial charge in [-0.1, -0.05) is 0 Å². The molecule has 11 heavy (non-hydrogen) atoms. The highest BCUT2D eigenvalue weighted by Gasteiger charge is 2.34. The average molecular weight is 266 g/mol. The lowest BCUT2D eigenvalue weighted by Gasteiger charge is -2.33. The lowest BCUT2D eigenvalue weighted by Crippen LogP contribution is -2.50. The average Bonchev–Trinajstić information content (AvgIpc) is 2.34. The highest BCUT2D eigenvalue weighted by Crippen LogP contribution is 2.23. The van der Waals surface area contributed by atoms with Crippen molar-refractivity contribution >= 4 is 28.8 Å². The van der Waals surface area contributed by atoms with Crippen molar-refractivity contribution < 1.29 is 4.79 Å². The van der Waals surface area contributed by atoms with Gasteiger partial charge < -0.3 is 4.90 Å². The van der Waals surface area contributed by atoms with Crippen LogP contribution in [0, 0.1) is 0 Å². The topological polar surface area (TPSA) is 23.6 Å². The molecule has 2 rings (SSSR count). The van der Waals surface area contributed by atoms with Crippen molar-refractivity contribution in [1.82, 2.24) is 8.01 Å². The highest BCUT2D eigenvalue weighted by molar-refractivity contribution is 14.1. The van der Waals surface area contributed by atoms with E-state index in [2.05, 4.69) is 26.0 Å². The fourth-order valence-corrected chi connectivity index (χ4v) is 2.63. The van der Waals surface area contributed by atoms with Crippen molar-refractivity contribution in [2.24, 2.45) is 0 Å². The molecule has 1 amide bonds. The molecule has 0 aliphatic carbocycles. The van der Waals surface area contributed by atoms with Gasteiger partial charge in [-0.3, -0.25) is 4.79 Å². The third-order valence-corrected chi connectivity index (χ3v) is 3.15. The summed E-state index contributed by atoms with van der Waals surface area (Å²) >= 11 is 2.23. The Kier molecular flexibility index (Phi) is 2.05. The summed E-state index contributed by atoms with van der Waals surface area (Å²) in [5.74, 6) is 0.313. The Labute approximate surface area is 80.2 Å². The quantitative estimate of drug-likeness (QED) is 0.474. The molecule has 0 N–H and O–H groups in total. The first-order valence-corrected chi connectivity index (χ1v) is 4.94. The van der Waals surface area contributed by atoms with Crippen LogP contribution in [0.2, 0.25) is 0 Å². The second-order valence-electron chi connectivity index (χ2n) is 3.19. The Morgan fingerprint density at radius 2 is 2.36 bits per heavy atom. The summed E-state index contributed by atoms with van der Waals surface area (Å²) in [5, 5.41) is 0. The van der Waals surface area contributed by atoms with E-state index >= 15 is 0 Å². The summed E-state index contributed by atoms with van der Waals surface area (Å²) in [6, 6.07) is 0.521. The Morgan fingerprint density at radius 3 is 3.18 bits per heavy atom. The minimum atomic E-state index is 0.313. The van der Waals surface area contributed by atoms with Crippen molar-refractivity contribution in [1.29, 1.82) is 0 Å². The van der Waals surface area contributed by atoms with E-state index in [-0.39, 0.29) is 0 Å². The summed E-state index contributed by atoms with van der Waals surface area (Å²) in [6.07, 6.45) is 2.39. The van der Waals surface area contributed by atoms with Gasteiger partial charge in [-0.15, -0.1) is 0 Å². The molecule has 62 valence electrons. The van der Waals surface area contributed by atoms with E-state index in [0.717, 1.165) is 13.1 Å². The predicted octanol–water partition coefficient (Wildman–Crippen LogP) is 0.643. The summed E-state index contributed by atoms with van der Waals surface area (Å²) in [6.45, 7) is 2.66. The second kappa shape index (κ2) is 2.90. The van der Waals surface area contributed by atoms with E-state index in [0.29, 0.717) is 18.5 Å². The van der Waals surface area contributed by atoms with E-state index in [4.69, 9.17) is 0 Å². The Bertz CT molecular complexity index is 185. The van der Waals surface area contributed by atoms with Gasteiger partial charge in [-0.2, -0.15) is 0 Å². The molecule has 2 aliphatic rings. The van der Waals surface area contributed by atoms with Gasteiger partial charge in [0.2, 0.25) is 5.91 Å². The fraction of sp³-hybridized carbons (Fsp3) is 0.857. The maximum Gasteiger partial charge on any atom is 0.237 e. The molecule has 4 heteroatoms. The number of rotatable bonds is 0. The number of halogens is 1. The molecule has 3 nitrogen and oxygen atoms in total. The molecular formula is C7H11IN2O. The molecule has 0 saturated carbocycles. The van der Waals surface area contributed by atoms with E-state index in [9.17, 15) is 4.79 Å². The number of hydrogen-bond acceptors (Lipinski definition) is 2. The van der Waals surface area contributed by atoms with Gasteiger partial charge in [0.1, 0.15) is 0 Å². The molecule has 0 radical (unpaired) electrons. The molecule has 0 aromatic rings. The summed E-state index contributed by atoms with van der Waals surface area (Å²) in [4.78, 5) is 13.4. The molecule has 0 aromatic carbocycles. The van der Waals surface area contributed by atoms with E-state index in [1.54, 1.807) is 0 Å². The number of fused-ring (bicyclic) bond motifs is 1. The normalized spacial score (nSPS) is 32.6. The third-order valence-electron chi connectivity index (χ3n) is 2.41. The Morgan fingerprint density at radius 1 is 1.55 bits per heavy atom. The monoisotopic (exact) mass is 266 g/mol. The van der Waals surface area contributed by atoms with Crippen LogP contribution >= 0.6 is 22.9 Å². The maximum atomic E-state index is 11.4. The molecular weight excluding hydrogens is 255 g/mol. The van der Waals surface area contributed by atoms with Crippen LogP contribution in [0.1, 0.15) is 12.8 Å². The number of nitrogens with zero attached hydrogens (tertiary/aromatic N) is 2. The summed E-state index contributed by atoms with van der Waals surface area (Å²) < 4.78 is 2.09. The molecule has 2 heterocycles. The molecule has 1 unspecified atom stereocenters.